The molecule has 1 fully saturated rings. The van der Waals surface area contributed by atoms with Gasteiger partial charge >= 0.3 is 0 Å². The Hall–Kier alpha value is -1.87. The maximum Gasteiger partial charge on any atom is 0.162 e. The summed E-state index contributed by atoms with van der Waals surface area (Å²) in [6, 6.07) is 15.2. The summed E-state index contributed by atoms with van der Waals surface area (Å²) in [5.74, 6) is 2.06. The minimum absolute atomic E-state index is 0.202. The molecule has 2 bridgehead atoms. The molecule has 0 saturated carbocycles. The van der Waals surface area contributed by atoms with E-state index in [2.05, 4.69) is 47.4 Å². The lowest BCUT2D eigenvalue weighted by atomic mass is 9.80. The first-order chi connectivity index (χ1) is 11.7. The molecule has 0 unspecified atom stereocenters. The van der Waals surface area contributed by atoms with Gasteiger partial charge in [0.05, 0.1) is 20.3 Å². The Morgan fingerprint density at radius 2 is 1.75 bits per heavy atom. The summed E-state index contributed by atoms with van der Waals surface area (Å²) in [4.78, 5) is 2.50. The SMILES string of the molecule is COc1cc2c(cc1OC)N1C[C@H](C2)[C@H](Cl)C[C@H]1c1ccccc1. The number of fused-ring (bicyclic) bond motifs is 4. The van der Waals surface area contributed by atoms with Gasteiger partial charge in [0.2, 0.25) is 0 Å². The van der Waals surface area contributed by atoms with Crippen molar-refractivity contribution in [2.75, 3.05) is 25.7 Å². The minimum Gasteiger partial charge on any atom is -0.493 e. The van der Waals surface area contributed by atoms with E-state index in [-0.39, 0.29) is 5.38 Å². The third kappa shape index (κ3) is 2.51. The maximum atomic E-state index is 6.74. The number of nitrogens with zero attached hydrogens (tertiary/aromatic N) is 1. The Kier molecular flexibility index (Phi) is 4.05. The first-order valence-electron chi connectivity index (χ1n) is 8.41. The van der Waals surface area contributed by atoms with E-state index in [4.69, 9.17) is 21.1 Å². The van der Waals surface area contributed by atoms with E-state index in [1.165, 1.54) is 16.8 Å². The summed E-state index contributed by atoms with van der Waals surface area (Å²) in [5.41, 5.74) is 3.88. The second-order valence-corrected chi connectivity index (χ2v) is 7.19. The quantitative estimate of drug-likeness (QED) is 0.769. The fourth-order valence-corrected chi connectivity index (χ4v) is 4.44. The van der Waals surface area contributed by atoms with Crippen LogP contribution in [0.15, 0.2) is 42.5 Å². The summed E-state index contributed by atoms with van der Waals surface area (Å²) in [7, 11) is 3.38. The molecule has 0 aliphatic carbocycles. The van der Waals surface area contributed by atoms with Gasteiger partial charge in [0.25, 0.3) is 0 Å². The van der Waals surface area contributed by atoms with Gasteiger partial charge in [-0.15, -0.1) is 11.6 Å². The number of rotatable bonds is 3. The lowest BCUT2D eigenvalue weighted by molar-refractivity contribution is 0.338. The van der Waals surface area contributed by atoms with Gasteiger partial charge in [0, 0.05) is 23.7 Å². The van der Waals surface area contributed by atoms with Crippen LogP contribution in [0.3, 0.4) is 0 Å². The molecule has 126 valence electrons. The zero-order valence-corrected chi connectivity index (χ0v) is 14.8. The fourth-order valence-electron chi connectivity index (χ4n) is 4.10. The lowest BCUT2D eigenvalue weighted by Crippen LogP contribution is -2.47. The molecule has 2 heterocycles. The third-order valence-electron chi connectivity index (χ3n) is 5.33. The summed E-state index contributed by atoms with van der Waals surface area (Å²) >= 11 is 6.74. The van der Waals surface area contributed by atoms with Gasteiger partial charge < -0.3 is 14.4 Å². The largest absolute Gasteiger partial charge is 0.493 e. The molecule has 24 heavy (non-hydrogen) atoms. The molecular formula is C20H22ClNO2. The Bertz CT molecular complexity index is 734. The highest BCUT2D eigenvalue weighted by Gasteiger charge is 2.40. The van der Waals surface area contributed by atoms with E-state index in [9.17, 15) is 0 Å². The van der Waals surface area contributed by atoms with Crippen molar-refractivity contribution in [2.24, 2.45) is 5.92 Å². The van der Waals surface area contributed by atoms with Crippen LogP contribution in [0.4, 0.5) is 5.69 Å². The molecule has 1 saturated heterocycles. The van der Waals surface area contributed by atoms with Gasteiger partial charge in [0.15, 0.2) is 11.5 Å². The van der Waals surface area contributed by atoms with Crippen molar-refractivity contribution < 1.29 is 9.47 Å². The zero-order chi connectivity index (χ0) is 16.7. The van der Waals surface area contributed by atoms with Crippen LogP contribution in [0.5, 0.6) is 11.5 Å². The predicted molar refractivity (Wildman–Crippen MR) is 97.5 cm³/mol. The first kappa shape index (κ1) is 15.6. The molecule has 0 spiro atoms. The topological polar surface area (TPSA) is 21.7 Å². The van der Waals surface area contributed by atoms with Gasteiger partial charge in [0.1, 0.15) is 0 Å². The molecule has 2 aliphatic heterocycles. The molecular weight excluding hydrogens is 322 g/mol. The van der Waals surface area contributed by atoms with Gasteiger partial charge in [-0.2, -0.15) is 0 Å². The van der Waals surface area contributed by atoms with Crippen LogP contribution in [0.25, 0.3) is 0 Å². The molecule has 4 rings (SSSR count). The Balaban J connectivity index is 1.81. The van der Waals surface area contributed by atoms with Crippen LogP contribution in [0.1, 0.15) is 23.6 Å². The van der Waals surface area contributed by atoms with E-state index in [1.807, 2.05) is 0 Å². The van der Waals surface area contributed by atoms with Crippen LogP contribution in [-0.2, 0) is 6.42 Å². The highest BCUT2D eigenvalue weighted by atomic mass is 35.5. The molecule has 4 heteroatoms. The van der Waals surface area contributed by atoms with Crippen LogP contribution in [0.2, 0.25) is 0 Å². The summed E-state index contributed by atoms with van der Waals surface area (Å²) < 4.78 is 11.0. The minimum atomic E-state index is 0.202. The van der Waals surface area contributed by atoms with Crippen molar-refractivity contribution in [3.8, 4) is 11.5 Å². The van der Waals surface area contributed by atoms with Crippen molar-refractivity contribution in [3.63, 3.8) is 0 Å². The van der Waals surface area contributed by atoms with E-state index in [0.717, 1.165) is 30.9 Å². The zero-order valence-electron chi connectivity index (χ0n) is 14.0. The maximum absolute atomic E-state index is 6.74. The number of piperidine rings is 1. The molecule has 2 aromatic carbocycles. The summed E-state index contributed by atoms with van der Waals surface area (Å²) in [6.07, 6.45) is 1.98. The van der Waals surface area contributed by atoms with Crippen LogP contribution < -0.4 is 14.4 Å². The summed E-state index contributed by atoms with van der Waals surface area (Å²) in [6.45, 7) is 0.996. The number of anilines is 1. The van der Waals surface area contributed by atoms with Gasteiger partial charge in [-0.1, -0.05) is 30.3 Å². The lowest BCUT2D eigenvalue weighted by Gasteiger charge is -2.48. The molecule has 0 amide bonds. The molecule has 2 aliphatic rings. The van der Waals surface area contributed by atoms with Gasteiger partial charge in [-0.3, -0.25) is 0 Å². The van der Waals surface area contributed by atoms with E-state index in [0.29, 0.717) is 12.0 Å². The Morgan fingerprint density at radius 1 is 1.04 bits per heavy atom. The molecule has 0 N–H and O–H groups in total. The number of benzene rings is 2. The van der Waals surface area contributed by atoms with Crippen molar-refractivity contribution in [1.29, 1.82) is 0 Å². The standard InChI is InChI=1S/C20H22ClNO2/c1-23-19-9-14-8-15-12-22(18(14)11-20(19)24-2)17(10-16(15)21)13-6-4-3-5-7-13/h3-7,9,11,15-17H,8,10,12H2,1-2H3/t15-,16+,17-/m0/s1. The number of halogens is 1. The highest BCUT2D eigenvalue weighted by molar-refractivity contribution is 6.21. The Labute approximate surface area is 148 Å². The normalized spacial score (nSPS) is 25.1. The second kappa shape index (κ2) is 6.21. The average molecular weight is 344 g/mol. The number of alkyl halides is 1. The average Bonchev–Trinajstić information content (AvgIpc) is 2.64. The fraction of sp³-hybridized carbons (Fsp3) is 0.400. The number of hydrogen-bond donors (Lipinski definition) is 0. The van der Waals surface area contributed by atoms with E-state index < -0.39 is 0 Å². The Morgan fingerprint density at radius 3 is 2.46 bits per heavy atom. The van der Waals surface area contributed by atoms with Crippen molar-refractivity contribution >= 4 is 17.3 Å². The molecule has 3 atom stereocenters. The molecule has 0 radical (unpaired) electrons. The van der Waals surface area contributed by atoms with Crippen LogP contribution >= 0.6 is 11.6 Å². The molecule has 0 aromatic heterocycles. The monoisotopic (exact) mass is 343 g/mol. The number of hydrogen-bond acceptors (Lipinski definition) is 3. The van der Waals surface area contributed by atoms with E-state index in [1.54, 1.807) is 14.2 Å². The van der Waals surface area contributed by atoms with Gasteiger partial charge in [-0.05, 0) is 36.0 Å². The van der Waals surface area contributed by atoms with Crippen molar-refractivity contribution in [3.05, 3.63) is 53.6 Å². The third-order valence-corrected chi connectivity index (χ3v) is 5.86. The van der Waals surface area contributed by atoms with Crippen LogP contribution in [-0.4, -0.2) is 26.1 Å². The summed E-state index contributed by atoms with van der Waals surface area (Å²) in [5, 5.41) is 0.202. The van der Waals surface area contributed by atoms with Crippen LogP contribution in [0, 0.1) is 5.92 Å². The smallest absolute Gasteiger partial charge is 0.162 e. The number of methoxy groups -OCH3 is 2. The first-order valence-corrected chi connectivity index (χ1v) is 8.85. The molecule has 2 aromatic rings. The van der Waals surface area contributed by atoms with Crippen molar-refractivity contribution in [1.82, 2.24) is 0 Å². The predicted octanol–water partition coefficient (Wildman–Crippen LogP) is 4.43. The van der Waals surface area contributed by atoms with Crippen molar-refractivity contribution in [2.45, 2.75) is 24.3 Å². The highest BCUT2D eigenvalue weighted by Crippen LogP contribution is 2.48. The number of ether oxygens (including phenoxy) is 2. The second-order valence-electron chi connectivity index (χ2n) is 6.63. The van der Waals surface area contributed by atoms with Gasteiger partial charge in [-0.25, -0.2) is 0 Å². The van der Waals surface area contributed by atoms with E-state index >= 15 is 0 Å². The molecule has 3 nitrogen and oxygen atoms in total.